The van der Waals surface area contributed by atoms with Crippen molar-refractivity contribution in [1.82, 2.24) is 21.7 Å². The first kappa shape index (κ1) is 20.0. The number of benzene rings is 1. The molecule has 1 aliphatic rings. The topological polar surface area (TPSA) is 143 Å². The number of halogens is 3. The van der Waals surface area contributed by atoms with Gasteiger partial charge in [0.2, 0.25) is 0 Å². The molecular weight excluding hydrogens is 473 g/mol. The molecule has 3 rings (SSSR count). The minimum absolute atomic E-state index is 0.0101. The van der Waals surface area contributed by atoms with Crippen molar-refractivity contribution >= 4 is 50.9 Å². The number of hydrazine groups is 2. The number of nitrogens with one attached hydrogen (secondary N) is 4. The highest BCUT2D eigenvalue weighted by Gasteiger charge is 2.53. The molecule has 0 spiro atoms. The average Bonchev–Trinajstić information content (AvgIpc) is 3.20. The molecular formula is C13H12BrF2N4O5PS. The minimum Gasteiger partial charge on any atom is -0.506 e. The fourth-order valence-electron chi connectivity index (χ4n) is 2.26. The van der Waals surface area contributed by atoms with E-state index in [1.54, 1.807) is 6.20 Å². The number of phenols is 1. The molecule has 1 aromatic carbocycles. The van der Waals surface area contributed by atoms with Crippen molar-refractivity contribution in [2.75, 3.05) is 6.54 Å². The predicted octanol–water partition coefficient (Wildman–Crippen LogP) is 1.78. The third kappa shape index (κ3) is 3.66. The molecule has 2 heterocycles. The van der Waals surface area contributed by atoms with Gasteiger partial charge in [-0.2, -0.15) is 14.3 Å². The summed E-state index contributed by atoms with van der Waals surface area (Å²) in [5, 5.41) is 12.7. The Balaban J connectivity index is 1.97. The maximum absolute atomic E-state index is 14.1. The van der Waals surface area contributed by atoms with Gasteiger partial charge in [-0.25, -0.2) is 0 Å². The van der Waals surface area contributed by atoms with Crippen molar-refractivity contribution in [2.24, 2.45) is 0 Å². The molecule has 0 fully saturated rings. The zero-order valence-corrected chi connectivity index (χ0v) is 16.4. The van der Waals surface area contributed by atoms with Gasteiger partial charge in [-0.3, -0.25) is 9.36 Å². The lowest BCUT2D eigenvalue weighted by atomic mass is 10.1. The van der Waals surface area contributed by atoms with Gasteiger partial charge in [0, 0.05) is 21.6 Å². The summed E-state index contributed by atoms with van der Waals surface area (Å²) in [5.41, 5.74) is 4.14. The zero-order valence-electron chi connectivity index (χ0n) is 13.1. The summed E-state index contributed by atoms with van der Waals surface area (Å²) in [4.78, 5) is 29.2. The van der Waals surface area contributed by atoms with Crippen molar-refractivity contribution < 1.29 is 33.0 Å². The fourth-order valence-corrected chi connectivity index (χ4v) is 5.18. The third-order valence-corrected chi connectivity index (χ3v) is 7.08. The van der Waals surface area contributed by atoms with Gasteiger partial charge in [-0.05, 0) is 28.1 Å². The highest BCUT2D eigenvalue weighted by molar-refractivity contribution is 9.10. The summed E-state index contributed by atoms with van der Waals surface area (Å²) in [6.45, 7) is 0.129. The Bertz CT molecular complexity index is 1010. The molecule has 27 heavy (non-hydrogen) atoms. The van der Waals surface area contributed by atoms with E-state index < -0.39 is 29.8 Å². The number of thiophene rings is 1. The second-order valence-electron chi connectivity index (χ2n) is 5.45. The molecule has 1 aliphatic heterocycles. The van der Waals surface area contributed by atoms with Crippen LogP contribution >= 0.6 is 34.9 Å². The van der Waals surface area contributed by atoms with E-state index in [4.69, 9.17) is 9.79 Å². The van der Waals surface area contributed by atoms with Gasteiger partial charge in [0.15, 0.2) is 0 Å². The standard InChI is InChI=1S/C13H12BrF2N4O5PS/c14-9-7-1-5(12(22)17-3-6-4-18-20-19-6)2-8(21)10(7)27-11(9)13(15,16)26(23,24)25/h1-2,4,18-21H,3H2,(H,17,22)(H2,23,24,25). The SMILES string of the molecule is O=C(NCC1=CNNN1)c1cc(O)c2sc(C(F)(F)P(=O)(O)O)c(Br)c2c1. The maximum atomic E-state index is 14.1. The molecule has 9 nitrogen and oxygen atoms in total. The summed E-state index contributed by atoms with van der Waals surface area (Å²) < 4.78 is 39.0. The second-order valence-corrected chi connectivity index (χ2v) is 8.91. The minimum atomic E-state index is -5.78. The van der Waals surface area contributed by atoms with Crippen molar-refractivity contribution in [1.29, 1.82) is 0 Å². The number of hydrogen-bond acceptors (Lipinski definition) is 7. The first-order valence-electron chi connectivity index (χ1n) is 7.15. The van der Waals surface area contributed by atoms with Crippen molar-refractivity contribution in [2.45, 2.75) is 5.66 Å². The van der Waals surface area contributed by atoms with E-state index in [2.05, 4.69) is 37.6 Å². The molecule has 1 aromatic heterocycles. The van der Waals surface area contributed by atoms with Gasteiger partial charge < -0.3 is 31.1 Å². The third-order valence-electron chi connectivity index (χ3n) is 3.59. The number of carbonyl (C=O) groups excluding carboxylic acids is 1. The molecule has 2 aromatic rings. The normalized spacial score (nSPS) is 14.6. The summed E-state index contributed by atoms with van der Waals surface area (Å²) in [6, 6.07) is 2.34. The molecule has 7 N–H and O–H groups in total. The number of fused-ring (bicyclic) bond motifs is 1. The van der Waals surface area contributed by atoms with Crippen LogP contribution in [0.2, 0.25) is 0 Å². The van der Waals surface area contributed by atoms with Gasteiger partial charge in [0.1, 0.15) is 10.6 Å². The van der Waals surface area contributed by atoms with Crippen molar-refractivity contribution in [3.63, 3.8) is 0 Å². The first-order valence-corrected chi connectivity index (χ1v) is 10.4. The first-order chi connectivity index (χ1) is 12.5. The van der Waals surface area contributed by atoms with Crippen LogP contribution < -0.4 is 21.7 Å². The van der Waals surface area contributed by atoms with Crippen LogP contribution in [0.5, 0.6) is 5.75 Å². The molecule has 0 unspecified atom stereocenters. The summed E-state index contributed by atoms with van der Waals surface area (Å²) in [5.74, 6) is -1.04. The Morgan fingerprint density at radius 1 is 1.37 bits per heavy atom. The Labute approximate surface area is 162 Å². The number of aromatic hydroxyl groups is 1. The number of carbonyl (C=O) groups is 1. The summed E-state index contributed by atoms with van der Waals surface area (Å²) >= 11 is 3.23. The van der Waals surface area contributed by atoms with E-state index >= 15 is 0 Å². The lowest BCUT2D eigenvalue weighted by molar-refractivity contribution is 0.0595. The fraction of sp³-hybridized carbons (Fsp3) is 0.154. The molecule has 14 heteroatoms. The second kappa shape index (κ2) is 7.00. The Hall–Kier alpha value is -1.76. The van der Waals surface area contributed by atoms with Crippen LogP contribution in [0.25, 0.3) is 10.1 Å². The van der Waals surface area contributed by atoms with Gasteiger partial charge in [-0.1, -0.05) is 0 Å². The molecule has 0 atom stereocenters. The lowest BCUT2D eigenvalue weighted by Gasteiger charge is -2.16. The van der Waals surface area contributed by atoms with Gasteiger partial charge in [-0.15, -0.1) is 11.3 Å². The zero-order chi connectivity index (χ0) is 20.0. The van der Waals surface area contributed by atoms with Crippen LogP contribution in [0.3, 0.4) is 0 Å². The lowest BCUT2D eigenvalue weighted by Crippen LogP contribution is -2.35. The highest BCUT2D eigenvalue weighted by Crippen LogP contribution is 2.63. The molecule has 0 aliphatic carbocycles. The summed E-state index contributed by atoms with van der Waals surface area (Å²) in [6.07, 6.45) is 1.58. The van der Waals surface area contributed by atoms with Crippen LogP contribution in [0.4, 0.5) is 8.78 Å². The highest BCUT2D eigenvalue weighted by atomic mass is 79.9. The van der Waals surface area contributed by atoms with Crippen LogP contribution in [0.15, 0.2) is 28.5 Å². The van der Waals surface area contributed by atoms with Gasteiger partial charge in [0.25, 0.3) is 5.91 Å². The largest absolute Gasteiger partial charge is 0.506 e. The van der Waals surface area contributed by atoms with E-state index in [9.17, 15) is 23.2 Å². The van der Waals surface area contributed by atoms with Crippen LogP contribution in [0.1, 0.15) is 15.2 Å². The number of alkyl halides is 2. The van der Waals surface area contributed by atoms with E-state index in [1.165, 1.54) is 6.07 Å². The Morgan fingerprint density at radius 2 is 2.07 bits per heavy atom. The molecule has 0 radical (unpaired) electrons. The number of rotatable bonds is 5. The van der Waals surface area contributed by atoms with Crippen LogP contribution in [0, 0.1) is 0 Å². The predicted molar refractivity (Wildman–Crippen MR) is 97.0 cm³/mol. The average molecular weight is 485 g/mol. The van der Waals surface area contributed by atoms with Crippen LogP contribution in [-0.4, -0.2) is 27.3 Å². The van der Waals surface area contributed by atoms with E-state index in [1.807, 2.05) is 0 Å². The van der Waals surface area contributed by atoms with Crippen molar-refractivity contribution in [3.8, 4) is 5.75 Å². The number of phenolic OH excluding ortho intramolecular Hbond substituents is 1. The van der Waals surface area contributed by atoms with Gasteiger partial charge >= 0.3 is 13.3 Å². The quantitative estimate of drug-likeness (QED) is 0.318. The maximum Gasteiger partial charge on any atom is 0.400 e. The number of hydrogen-bond donors (Lipinski definition) is 7. The van der Waals surface area contributed by atoms with E-state index in [0.717, 1.165) is 6.07 Å². The van der Waals surface area contributed by atoms with E-state index in [0.29, 0.717) is 17.0 Å². The van der Waals surface area contributed by atoms with Gasteiger partial charge in [0.05, 0.1) is 16.9 Å². The number of amides is 1. The van der Waals surface area contributed by atoms with E-state index in [-0.39, 0.29) is 26.7 Å². The molecule has 0 saturated carbocycles. The molecule has 1 amide bonds. The molecule has 0 saturated heterocycles. The van der Waals surface area contributed by atoms with Crippen LogP contribution in [-0.2, 0) is 10.2 Å². The molecule has 146 valence electrons. The summed E-state index contributed by atoms with van der Waals surface area (Å²) in [7, 11) is -5.78. The smallest absolute Gasteiger partial charge is 0.400 e. The Kier molecular flexibility index (Phi) is 5.18. The molecule has 0 bridgehead atoms. The van der Waals surface area contributed by atoms with Crippen molar-refractivity contribution in [3.05, 3.63) is 38.9 Å². The Morgan fingerprint density at radius 3 is 2.67 bits per heavy atom. The monoisotopic (exact) mass is 484 g/mol.